The molecule has 1 aliphatic carbocycles. The average molecular weight is 518 g/mol. The third-order valence-corrected chi connectivity index (χ3v) is 7.74. The summed E-state index contributed by atoms with van der Waals surface area (Å²) in [5.41, 5.74) is 3.25. The van der Waals surface area contributed by atoms with E-state index in [9.17, 15) is 9.59 Å². The zero-order valence-corrected chi connectivity index (χ0v) is 23.2. The molecule has 204 valence electrons. The molecule has 38 heavy (non-hydrogen) atoms. The number of benzene rings is 2. The maximum Gasteiger partial charge on any atom is 0.242 e. The number of hydrogen-bond donors (Lipinski definition) is 1. The predicted molar refractivity (Wildman–Crippen MR) is 153 cm³/mol. The molecule has 1 aliphatic rings. The van der Waals surface area contributed by atoms with Crippen LogP contribution in [0.1, 0.15) is 63.5 Å². The van der Waals surface area contributed by atoms with E-state index in [-0.39, 0.29) is 18.4 Å². The molecule has 1 fully saturated rings. The third kappa shape index (κ3) is 7.40. The largest absolute Gasteiger partial charge is 0.496 e. The Morgan fingerprint density at radius 3 is 2.47 bits per heavy atom. The zero-order chi connectivity index (χ0) is 26.9. The number of rotatable bonds is 13. The van der Waals surface area contributed by atoms with Crippen LogP contribution in [0.4, 0.5) is 0 Å². The number of nitrogens with zero attached hydrogens (tertiary/aromatic N) is 2. The highest BCUT2D eigenvalue weighted by Gasteiger charge is 2.24. The molecule has 1 N–H and O–H groups in total. The van der Waals surface area contributed by atoms with Gasteiger partial charge in [0.05, 0.1) is 13.7 Å². The van der Waals surface area contributed by atoms with E-state index in [1.54, 1.807) is 12.0 Å². The van der Waals surface area contributed by atoms with E-state index in [0.717, 1.165) is 29.7 Å². The van der Waals surface area contributed by atoms with Gasteiger partial charge in [0, 0.05) is 48.7 Å². The average Bonchev–Trinajstić information content (AvgIpc) is 3.59. The van der Waals surface area contributed by atoms with Gasteiger partial charge in [-0.3, -0.25) is 9.59 Å². The number of ether oxygens (including phenoxy) is 1. The third-order valence-electron chi connectivity index (χ3n) is 7.74. The second kappa shape index (κ2) is 13.5. The molecule has 6 heteroatoms. The Balaban J connectivity index is 1.49. The quantitative estimate of drug-likeness (QED) is 0.293. The number of amides is 2. The first-order valence-corrected chi connectivity index (χ1v) is 14.2. The van der Waals surface area contributed by atoms with Crippen LogP contribution in [0.3, 0.4) is 0 Å². The maximum atomic E-state index is 13.8. The first-order valence-electron chi connectivity index (χ1n) is 14.2. The highest BCUT2D eigenvalue weighted by molar-refractivity contribution is 5.85. The van der Waals surface area contributed by atoms with Crippen LogP contribution >= 0.6 is 0 Å². The summed E-state index contributed by atoms with van der Waals surface area (Å²) in [6.45, 7) is 5.92. The van der Waals surface area contributed by atoms with Gasteiger partial charge in [0.1, 0.15) is 5.75 Å². The Morgan fingerprint density at radius 1 is 0.974 bits per heavy atom. The fourth-order valence-electron chi connectivity index (χ4n) is 5.67. The fraction of sp³-hybridized carbons (Fsp3) is 0.500. The van der Waals surface area contributed by atoms with Crippen molar-refractivity contribution in [1.29, 1.82) is 0 Å². The zero-order valence-electron chi connectivity index (χ0n) is 23.2. The number of carbonyl (C=O) groups is 2. The molecule has 0 aliphatic heterocycles. The van der Waals surface area contributed by atoms with Crippen molar-refractivity contribution in [3.05, 3.63) is 65.9 Å². The van der Waals surface area contributed by atoms with Crippen LogP contribution in [0.2, 0.25) is 0 Å². The molecular formula is C32H43N3O3. The summed E-state index contributed by atoms with van der Waals surface area (Å²) in [5.74, 6) is 1.81. The van der Waals surface area contributed by atoms with Crippen molar-refractivity contribution in [2.75, 3.05) is 26.7 Å². The Labute approximate surface area is 227 Å². The minimum absolute atomic E-state index is 0.0226. The van der Waals surface area contributed by atoms with Gasteiger partial charge in [-0.2, -0.15) is 0 Å². The van der Waals surface area contributed by atoms with Crippen LogP contribution in [0.15, 0.2) is 54.7 Å². The van der Waals surface area contributed by atoms with Crippen molar-refractivity contribution in [3.8, 4) is 5.75 Å². The highest BCUT2D eigenvalue weighted by atomic mass is 16.5. The lowest BCUT2D eigenvalue weighted by Gasteiger charge is -2.29. The number of methoxy groups -OCH3 is 1. The summed E-state index contributed by atoms with van der Waals surface area (Å²) in [4.78, 5) is 34.1. The van der Waals surface area contributed by atoms with Crippen LogP contribution in [-0.4, -0.2) is 53.3 Å². The van der Waals surface area contributed by atoms with Gasteiger partial charge in [-0.15, -0.1) is 0 Å². The minimum atomic E-state index is -0.0226. The van der Waals surface area contributed by atoms with Crippen LogP contribution in [0, 0.1) is 11.8 Å². The molecule has 1 aromatic heterocycles. The van der Waals surface area contributed by atoms with Gasteiger partial charge < -0.3 is 19.5 Å². The Hall–Kier alpha value is -3.28. The number of fused-ring (bicyclic) bond motifs is 1. The number of carbonyl (C=O) groups excluding carboxylic acids is 2. The van der Waals surface area contributed by atoms with E-state index >= 15 is 0 Å². The van der Waals surface area contributed by atoms with Gasteiger partial charge in [-0.1, -0.05) is 75.9 Å². The number of aromatic amines is 1. The Morgan fingerprint density at radius 2 is 1.71 bits per heavy atom. The lowest BCUT2D eigenvalue weighted by molar-refractivity contribution is -0.141. The Bertz CT molecular complexity index is 1200. The normalized spacial score (nSPS) is 13.8. The van der Waals surface area contributed by atoms with Gasteiger partial charge in [0.15, 0.2) is 0 Å². The lowest BCUT2D eigenvalue weighted by atomic mass is 10.0. The van der Waals surface area contributed by atoms with Crippen LogP contribution in [-0.2, 0) is 22.6 Å². The van der Waals surface area contributed by atoms with Crippen LogP contribution < -0.4 is 4.74 Å². The van der Waals surface area contributed by atoms with Crippen molar-refractivity contribution in [2.45, 2.75) is 65.3 Å². The molecule has 0 radical (unpaired) electrons. The topological polar surface area (TPSA) is 65.6 Å². The van der Waals surface area contributed by atoms with E-state index in [4.69, 9.17) is 4.74 Å². The van der Waals surface area contributed by atoms with Crippen molar-refractivity contribution >= 4 is 22.7 Å². The molecule has 0 bridgehead atoms. The molecule has 0 atom stereocenters. The van der Waals surface area contributed by atoms with Gasteiger partial charge in [0.2, 0.25) is 11.8 Å². The van der Waals surface area contributed by atoms with E-state index < -0.39 is 0 Å². The number of aromatic nitrogens is 1. The second-order valence-corrected chi connectivity index (χ2v) is 11.1. The Kier molecular flexibility index (Phi) is 9.85. The minimum Gasteiger partial charge on any atom is -0.496 e. The summed E-state index contributed by atoms with van der Waals surface area (Å²) in [6.07, 6.45) is 9.26. The van der Waals surface area contributed by atoms with E-state index in [1.165, 1.54) is 36.6 Å². The summed E-state index contributed by atoms with van der Waals surface area (Å²) >= 11 is 0. The van der Waals surface area contributed by atoms with Gasteiger partial charge in [-0.25, -0.2) is 0 Å². The molecule has 1 heterocycles. The monoisotopic (exact) mass is 517 g/mol. The van der Waals surface area contributed by atoms with Crippen molar-refractivity contribution < 1.29 is 14.3 Å². The van der Waals surface area contributed by atoms with Gasteiger partial charge in [0.25, 0.3) is 0 Å². The van der Waals surface area contributed by atoms with E-state index in [0.29, 0.717) is 37.9 Å². The SMILES string of the molecule is COc1ccccc1CN(CCc1c[nH]c2ccccc12)C(=O)CN(CC(C)C)C(=O)CCC1CCCC1. The first-order chi connectivity index (χ1) is 18.4. The smallest absolute Gasteiger partial charge is 0.242 e. The first kappa shape index (κ1) is 27.7. The van der Waals surface area contributed by atoms with Gasteiger partial charge in [-0.05, 0) is 42.4 Å². The highest BCUT2D eigenvalue weighted by Crippen LogP contribution is 2.29. The van der Waals surface area contributed by atoms with E-state index in [1.807, 2.05) is 47.5 Å². The number of H-pyrrole nitrogens is 1. The van der Waals surface area contributed by atoms with E-state index in [2.05, 4.69) is 31.0 Å². The molecule has 1 saturated carbocycles. The molecule has 0 unspecified atom stereocenters. The molecule has 2 aromatic carbocycles. The maximum absolute atomic E-state index is 13.8. The lowest BCUT2D eigenvalue weighted by Crippen LogP contribution is -2.44. The number of nitrogens with one attached hydrogen (secondary N) is 1. The molecule has 4 rings (SSSR count). The molecule has 0 spiro atoms. The van der Waals surface area contributed by atoms with Crippen molar-refractivity contribution in [2.24, 2.45) is 11.8 Å². The summed E-state index contributed by atoms with van der Waals surface area (Å²) in [6, 6.07) is 16.1. The number of hydrogen-bond acceptors (Lipinski definition) is 3. The summed E-state index contributed by atoms with van der Waals surface area (Å²) in [5, 5.41) is 1.18. The molecule has 3 aromatic rings. The molecular weight excluding hydrogens is 474 g/mol. The molecule has 6 nitrogen and oxygen atoms in total. The van der Waals surface area contributed by atoms with Crippen molar-refractivity contribution in [3.63, 3.8) is 0 Å². The molecule has 2 amide bonds. The summed E-state index contributed by atoms with van der Waals surface area (Å²) < 4.78 is 5.58. The molecule has 0 saturated heterocycles. The summed E-state index contributed by atoms with van der Waals surface area (Å²) in [7, 11) is 1.66. The van der Waals surface area contributed by atoms with Gasteiger partial charge >= 0.3 is 0 Å². The number of para-hydroxylation sites is 2. The second-order valence-electron chi connectivity index (χ2n) is 11.1. The predicted octanol–water partition coefficient (Wildman–Crippen LogP) is 6.20. The fourth-order valence-corrected chi connectivity index (χ4v) is 5.67. The van der Waals surface area contributed by atoms with Crippen LogP contribution in [0.25, 0.3) is 10.9 Å². The van der Waals surface area contributed by atoms with Crippen molar-refractivity contribution in [1.82, 2.24) is 14.8 Å². The standard InChI is InChI=1S/C32H43N3O3/c1-24(2)21-35(31(36)17-16-25-10-4-5-11-25)23-32(37)34(22-27-12-6-9-15-30(27)38-3)19-18-26-20-33-29-14-8-7-13-28(26)29/h6-9,12-15,20,24-25,33H,4-5,10-11,16-19,21-23H2,1-3H3. The van der Waals surface area contributed by atoms with Crippen LogP contribution in [0.5, 0.6) is 5.75 Å².